The Kier molecular flexibility index (Phi) is 7.99. The molecular weight excluding hydrogens is 234 g/mol. The molecule has 2 heteroatoms. The Morgan fingerprint density at radius 3 is 2.79 bits per heavy atom. The van der Waals surface area contributed by atoms with Crippen molar-refractivity contribution in [3.05, 3.63) is 35.9 Å². The molecule has 0 radical (unpaired) electrons. The van der Waals surface area contributed by atoms with Crippen LogP contribution in [0.15, 0.2) is 30.3 Å². The summed E-state index contributed by atoms with van der Waals surface area (Å²) in [7, 11) is 0. The Hall–Kier alpha value is -1.28. The summed E-state index contributed by atoms with van der Waals surface area (Å²) in [5.41, 5.74) is 1.14. The lowest BCUT2D eigenvalue weighted by Gasteiger charge is -2.17. The molecule has 0 bridgehead atoms. The molecule has 0 aliphatic carbocycles. The molecular formula is C17H27NO. The lowest BCUT2D eigenvalue weighted by Crippen LogP contribution is -2.29. The molecule has 0 aromatic heterocycles. The normalized spacial score (nSPS) is 12.8. The minimum Gasteiger partial charge on any atom is -0.489 e. The fourth-order valence-electron chi connectivity index (χ4n) is 1.97. The second kappa shape index (κ2) is 9.62. The van der Waals surface area contributed by atoms with Crippen LogP contribution >= 0.6 is 0 Å². The van der Waals surface area contributed by atoms with Crippen LogP contribution in [0.25, 0.3) is 6.08 Å². The SMILES string of the molecule is CC=Cc1ccccc1OC(C)CNCCCCC. The number of allylic oxidation sites excluding steroid dienone is 1. The van der Waals surface area contributed by atoms with Crippen LogP contribution in [0.2, 0.25) is 0 Å². The Morgan fingerprint density at radius 1 is 1.26 bits per heavy atom. The lowest BCUT2D eigenvalue weighted by molar-refractivity contribution is 0.216. The van der Waals surface area contributed by atoms with E-state index in [2.05, 4.69) is 31.3 Å². The number of ether oxygens (including phenoxy) is 1. The number of rotatable bonds is 9. The summed E-state index contributed by atoms with van der Waals surface area (Å²) in [6.45, 7) is 8.34. The van der Waals surface area contributed by atoms with Gasteiger partial charge >= 0.3 is 0 Å². The second-order valence-electron chi connectivity index (χ2n) is 4.88. The first-order valence-electron chi connectivity index (χ1n) is 7.37. The molecule has 0 heterocycles. The zero-order chi connectivity index (χ0) is 13.9. The van der Waals surface area contributed by atoms with Crippen LogP contribution in [0.5, 0.6) is 5.75 Å². The Balaban J connectivity index is 2.37. The predicted molar refractivity (Wildman–Crippen MR) is 83.6 cm³/mol. The molecule has 19 heavy (non-hydrogen) atoms. The van der Waals surface area contributed by atoms with Crippen LogP contribution in [-0.2, 0) is 0 Å². The predicted octanol–water partition coefficient (Wildman–Crippen LogP) is 4.27. The van der Waals surface area contributed by atoms with E-state index in [9.17, 15) is 0 Å². The van der Waals surface area contributed by atoms with Crippen molar-refractivity contribution in [3.63, 3.8) is 0 Å². The zero-order valence-electron chi connectivity index (χ0n) is 12.5. The van der Waals surface area contributed by atoms with Crippen LogP contribution in [0.4, 0.5) is 0 Å². The molecule has 1 aromatic carbocycles. The highest BCUT2D eigenvalue weighted by atomic mass is 16.5. The Morgan fingerprint density at radius 2 is 2.05 bits per heavy atom. The number of nitrogens with one attached hydrogen (secondary N) is 1. The standard InChI is InChI=1S/C17H27NO/c1-4-6-9-13-18-14-15(3)19-17-12-8-7-11-16(17)10-5-2/h5,7-8,10-12,15,18H,4,6,9,13-14H2,1-3H3. The van der Waals surface area contributed by atoms with E-state index in [0.29, 0.717) is 0 Å². The van der Waals surface area contributed by atoms with Crippen molar-refractivity contribution < 1.29 is 4.74 Å². The van der Waals surface area contributed by atoms with Gasteiger partial charge < -0.3 is 10.1 Å². The maximum atomic E-state index is 5.99. The Bertz CT molecular complexity index is 373. The van der Waals surface area contributed by atoms with Crippen LogP contribution in [0.1, 0.15) is 45.6 Å². The molecule has 0 amide bonds. The van der Waals surface area contributed by atoms with Gasteiger partial charge in [0, 0.05) is 12.1 Å². The van der Waals surface area contributed by atoms with Gasteiger partial charge in [-0.3, -0.25) is 0 Å². The van der Waals surface area contributed by atoms with Gasteiger partial charge in [0.1, 0.15) is 11.9 Å². The van der Waals surface area contributed by atoms with Crippen LogP contribution in [0, 0.1) is 0 Å². The first-order valence-corrected chi connectivity index (χ1v) is 7.37. The van der Waals surface area contributed by atoms with Gasteiger partial charge in [0.05, 0.1) is 0 Å². The van der Waals surface area contributed by atoms with E-state index in [1.807, 2.05) is 31.2 Å². The highest BCUT2D eigenvalue weighted by Gasteiger charge is 2.05. The van der Waals surface area contributed by atoms with E-state index in [-0.39, 0.29) is 6.10 Å². The third-order valence-corrected chi connectivity index (χ3v) is 2.98. The van der Waals surface area contributed by atoms with E-state index in [1.165, 1.54) is 19.3 Å². The van der Waals surface area contributed by atoms with E-state index in [4.69, 9.17) is 4.74 Å². The second-order valence-corrected chi connectivity index (χ2v) is 4.88. The first kappa shape index (κ1) is 15.8. The average Bonchev–Trinajstić information content (AvgIpc) is 2.41. The number of benzene rings is 1. The van der Waals surface area contributed by atoms with Gasteiger partial charge in [-0.25, -0.2) is 0 Å². The highest BCUT2D eigenvalue weighted by Crippen LogP contribution is 2.20. The summed E-state index contributed by atoms with van der Waals surface area (Å²) in [6, 6.07) is 8.17. The molecule has 0 saturated heterocycles. The van der Waals surface area contributed by atoms with Crippen molar-refractivity contribution in [2.45, 2.75) is 46.1 Å². The molecule has 0 aliphatic heterocycles. The number of hydrogen-bond donors (Lipinski definition) is 1. The minimum absolute atomic E-state index is 0.188. The summed E-state index contributed by atoms with van der Waals surface area (Å²) >= 11 is 0. The zero-order valence-corrected chi connectivity index (χ0v) is 12.5. The van der Waals surface area contributed by atoms with Crippen molar-refractivity contribution in [1.29, 1.82) is 0 Å². The summed E-state index contributed by atoms with van der Waals surface area (Å²) in [6.07, 6.45) is 8.12. The molecule has 1 aromatic rings. The topological polar surface area (TPSA) is 21.3 Å². The highest BCUT2D eigenvalue weighted by molar-refractivity contribution is 5.56. The molecule has 2 nitrogen and oxygen atoms in total. The van der Waals surface area contributed by atoms with Crippen molar-refractivity contribution in [2.24, 2.45) is 0 Å². The number of unbranched alkanes of at least 4 members (excludes halogenated alkanes) is 2. The van der Waals surface area contributed by atoms with E-state index in [0.717, 1.165) is 24.4 Å². The van der Waals surface area contributed by atoms with E-state index >= 15 is 0 Å². The van der Waals surface area contributed by atoms with Crippen molar-refractivity contribution in [2.75, 3.05) is 13.1 Å². The average molecular weight is 261 g/mol. The molecule has 1 unspecified atom stereocenters. The first-order chi connectivity index (χ1) is 9.27. The fraction of sp³-hybridized carbons (Fsp3) is 0.529. The molecule has 1 rings (SSSR count). The third-order valence-electron chi connectivity index (χ3n) is 2.98. The molecule has 106 valence electrons. The van der Waals surface area contributed by atoms with E-state index in [1.54, 1.807) is 0 Å². The maximum absolute atomic E-state index is 5.99. The van der Waals surface area contributed by atoms with Gasteiger partial charge in [-0.2, -0.15) is 0 Å². The van der Waals surface area contributed by atoms with Gasteiger partial charge in [-0.15, -0.1) is 0 Å². The van der Waals surface area contributed by atoms with Crippen LogP contribution < -0.4 is 10.1 Å². The van der Waals surface area contributed by atoms with Gasteiger partial charge in [-0.05, 0) is 32.9 Å². The minimum atomic E-state index is 0.188. The smallest absolute Gasteiger partial charge is 0.126 e. The molecule has 1 atom stereocenters. The van der Waals surface area contributed by atoms with E-state index < -0.39 is 0 Å². The molecule has 0 fully saturated rings. The summed E-state index contributed by atoms with van der Waals surface area (Å²) in [5.74, 6) is 0.962. The summed E-state index contributed by atoms with van der Waals surface area (Å²) < 4.78 is 5.99. The molecule has 0 spiro atoms. The Labute approximate surface area is 117 Å². The van der Waals surface area contributed by atoms with Crippen LogP contribution in [-0.4, -0.2) is 19.2 Å². The van der Waals surface area contributed by atoms with Crippen molar-refractivity contribution in [3.8, 4) is 5.75 Å². The number of para-hydroxylation sites is 1. The van der Waals surface area contributed by atoms with Crippen molar-refractivity contribution in [1.82, 2.24) is 5.32 Å². The number of hydrogen-bond acceptors (Lipinski definition) is 2. The largest absolute Gasteiger partial charge is 0.489 e. The van der Waals surface area contributed by atoms with Gasteiger partial charge in [0.2, 0.25) is 0 Å². The van der Waals surface area contributed by atoms with Crippen LogP contribution in [0.3, 0.4) is 0 Å². The fourth-order valence-corrected chi connectivity index (χ4v) is 1.97. The molecule has 1 N–H and O–H groups in total. The summed E-state index contributed by atoms with van der Waals surface area (Å²) in [4.78, 5) is 0. The maximum Gasteiger partial charge on any atom is 0.126 e. The quantitative estimate of drug-likeness (QED) is 0.670. The van der Waals surface area contributed by atoms with Gasteiger partial charge in [0.25, 0.3) is 0 Å². The van der Waals surface area contributed by atoms with Gasteiger partial charge in [-0.1, -0.05) is 50.1 Å². The summed E-state index contributed by atoms with van der Waals surface area (Å²) in [5, 5.41) is 3.45. The van der Waals surface area contributed by atoms with Gasteiger partial charge in [0.15, 0.2) is 0 Å². The third kappa shape index (κ3) is 6.44. The lowest BCUT2D eigenvalue weighted by atomic mass is 10.2. The molecule has 0 saturated carbocycles. The van der Waals surface area contributed by atoms with Crippen molar-refractivity contribution >= 4 is 6.08 Å². The molecule has 0 aliphatic rings. The monoisotopic (exact) mass is 261 g/mol.